The van der Waals surface area contributed by atoms with Gasteiger partial charge in [0.25, 0.3) is 0 Å². The van der Waals surface area contributed by atoms with E-state index >= 15 is 0 Å². The quantitative estimate of drug-likeness (QED) is 0.870. The number of carbonyl (C=O) groups is 1. The highest BCUT2D eigenvalue weighted by Crippen LogP contribution is 2.29. The van der Waals surface area contributed by atoms with Gasteiger partial charge in [0.15, 0.2) is 10.9 Å². The van der Waals surface area contributed by atoms with Crippen molar-refractivity contribution in [2.75, 3.05) is 5.32 Å². The average Bonchev–Trinajstić information content (AvgIpc) is 2.70. The molecule has 0 saturated carbocycles. The molecule has 3 nitrogen and oxygen atoms in total. The lowest BCUT2D eigenvalue weighted by Gasteiger charge is -2.04. The molecule has 0 spiro atoms. The van der Waals surface area contributed by atoms with Crippen LogP contribution in [-0.2, 0) is 4.79 Å². The second-order valence-electron chi connectivity index (χ2n) is 3.62. The summed E-state index contributed by atoms with van der Waals surface area (Å²) in [7, 11) is 0. The summed E-state index contributed by atoms with van der Waals surface area (Å²) in [6, 6.07) is 1.96. The average molecular weight is 335 g/mol. The van der Waals surface area contributed by atoms with Crippen LogP contribution < -0.4 is 5.32 Å². The number of hydrogen-bond donors (Lipinski definition) is 1. The third kappa shape index (κ3) is 2.67. The van der Waals surface area contributed by atoms with Crippen molar-refractivity contribution in [2.24, 2.45) is 0 Å². The van der Waals surface area contributed by atoms with Crippen molar-refractivity contribution < 1.29 is 13.6 Å². The molecule has 1 amide bonds. The summed E-state index contributed by atoms with van der Waals surface area (Å²) in [5, 5.41) is 2.82. The molecule has 0 saturated heterocycles. The van der Waals surface area contributed by atoms with Gasteiger partial charge >= 0.3 is 0 Å². The van der Waals surface area contributed by atoms with Crippen LogP contribution in [0.2, 0.25) is 0 Å². The Kier molecular flexibility index (Phi) is 3.91. The Morgan fingerprint density at radius 1 is 1.56 bits per heavy atom. The highest BCUT2D eigenvalue weighted by atomic mass is 79.9. The molecular weight excluding hydrogens is 326 g/mol. The van der Waals surface area contributed by atoms with E-state index in [4.69, 9.17) is 0 Å². The fourth-order valence-electron chi connectivity index (χ4n) is 1.38. The number of aromatic nitrogens is 1. The molecule has 0 bridgehead atoms. The van der Waals surface area contributed by atoms with Crippen LogP contribution in [0.4, 0.5) is 13.9 Å². The number of thiazole rings is 1. The Morgan fingerprint density at radius 3 is 2.94 bits per heavy atom. The number of amides is 1. The topological polar surface area (TPSA) is 42.0 Å². The Labute approximate surface area is 114 Å². The van der Waals surface area contributed by atoms with Gasteiger partial charge in [-0.3, -0.25) is 4.79 Å². The van der Waals surface area contributed by atoms with Crippen LogP contribution in [0.25, 0.3) is 10.2 Å². The number of carbonyl (C=O) groups excluding carboxylic acids is 1. The Hall–Kier alpha value is -1.08. The third-order valence-corrected chi connectivity index (χ3v) is 4.27. The van der Waals surface area contributed by atoms with Gasteiger partial charge in [0.2, 0.25) is 5.91 Å². The predicted octanol–water partition coefficient (Wildman–Crippen LogP) is 3.69. The van der Waals surface area contributed by atoms with Crippen LogP contribution in [-0.4, -0.2) is 15.7 Å². The lowest BCUT2D eigenvalue weighted by atomic mass is 10.3. The maximum absolute atomic E-state index is 13.4. The van der Waals surface area contributed by atoms with Crippen molar-refractivity contribution >= 4 is 48.5 Å². The molecule has 96 valence electrons. The standard InChI is InChI=1S/C11H9BrF2N2OS/c1-2-6(12)10(17)16-11-15-9-7(14)3-5(13)4-8(9)18-11/h3-4,6H,2H2,1H3,(H,15,16,17)/t6-/m1/s1. The first-order valence-electron chi connectivity index (χ1n) is 5.21. The van der Waals surface area contributed by atoms with Crippen LogP contribution >= 0.6 is 27.3 Å². The van der Waals surface area contributed by atoms with E-state index < -0.39 is 11.6 Å². The van der Waals surface area contributed by atoms with Crippen LogP contribution in [0, 0.1) is 11.6 Å². The first kappa shape index (κ1) is 13.4. The van der Waals surface area contributed by atoms with Crippen molar-refractivity contribution in [2.45, 2.75) is 18.2 Å². The minimum Gasteiger partial charge on any atom is -0.301 e. The van der Waals surface area contributed by atoms with E-state index in [0.717, 1.165) is 17.4 Å². The number of rotatable bonds is 3. The van der Waals surface area contributed by atoms with Gasteiger partial charge in [0, 0.05) is 6.07 Å². The molecular formula is C11H9BrF2N2OS. The monoisotopic (exact) mass is 334 g/mol. The van der Waals surface area contributed by atoms with Crippen molar-refractivity contribution in [3.63, 3.8) is 0 Å². The SMILES string of the molecule is CC[C@@H](Br)C(=O)Nc1nc2c(F)cc(F)cc2s1. The predicted molar refractivity (Wildman–Crippen MR) is 71.2 cm³/mol. The van der Waals surface area contributed by atoms with Crippen molar-refractivity contribution in [1.82, 2.24) is 4.98 Å². The van der Waals surface area contributed by atoms with Gasteiger partial charge in [-0.15, -0.1) is 0 Å². The number of alkyl halides is 1. The van der Waals surface area contributed by atoms with Crippen molar-refractivity contribution in [1.29, 1.82) is 0 Å². The smallest absolute Gasteiger partial charge is 0.239 e. The molecule has 1 heterocycles. The number of benzene rings is 1. The Balaban J connectivity index is 2.31. The molecule has 1 N–H and O–H groups in total. The van der Waals surface area contributed by atoms with Gasteiger partial charge in [0.1, 0.15) is 11.3 Å². The molecule has 0 aliphatic carbocycles. The van der Waals surface area contributed by atoms with Crippen molar-refractivity contribution in [3.05, 3.63) is 23.8 Å². The summed E-state index contributed by atoms with van der Waals surface area (Å²) in [6.07, 6.45) is 0.625. The molecule has 0 aliphatic heterocycles. The summed E-state index contributed by atoms with van der Waals surface area (Å²) >= 11 is 4.24. The lowest BCUT2D eigenvalue weighted by molar-refractivity contribution is -0.115. The molecule has 0 fully saturated rings. The molecule has 1 atom stereocenters. The normalized spacial score (nSPS) is 12.7. The van der Waals surface area contributed by atoms with E-state index in [0.29, 0.717) is 11.1 Å². The van der Waals surface area contributed by atoms with Crippen LogP contribution in [0.5, 0.6) is 0 Å². The minimum atomic E-state index is -0.729. The Bertz CT molecular complexity index is 602. The second-order valence-corrected chi connectivity index (χ2v) is 5.75. The molecule has 2 rings (SSSR count). The number of nitrogens with one attached hydrogen (secondary N) is 1. The molecule has 1 aromatic carbocycles. The highest BCUT2D eigenvalue weighted by molar-refractivity contribution is 9.10. The van der Waals surface area contributed by atoms with Gasteiger partial charge < -0.3 is 5.32 Å². The van der Waals surface area contributed by atoms with Crippen LogP contribution in [0.1, 0.15) is 13.3 Å². The summed E-state index contributed by atoms with van der Waals surface area (Å²) in [4.78, 5) is 15.2. The number of hydrogen-bond acceptors (Lipinski definition) is 3. The van der Waals surface area contributed by atoms with Gasteiger partial charge in [-0.2, -0.15) is 0 Å². The van der Waals surface area contributed by atoms with Crippen LogP contribution in [0.3, 0.4) is 0 Å². The zero-order valence-corrected chi connectivity index (χ0v) is 11.7. The van der Waals surface area contributed by atoms with Crippen molar-refractivity contribution in [3.8, 4) is 0 Å². The fraction of sp³-hybridized carbons (Fsp3) is 0.273. The second kappa shape index (κ2) is 5.27. The van der Waals surface area contributed by atoms with Crippen LogP contribution in [0.15, 0.2) is 12.1 Å². The van der Waals surface area contributed by atoms with E-state index in [1.165, 1.54) is 6.07 Å². The number of nitrogens with zero attached hydrogens (tertiary/aromatic N) is 1. The van der Waals surface area contributed by atoms with E-state index in [-0.39, 0.29) is 21.4 Å². The first-order chi connectivity index (χ1) is 8.51. The van der Waals surface area contributed by atoms with Gasteiger partial charge in [-0.25, -0.2) is 13.8 Å². The van der Waals surface area contributed by atoms with E-state index in [1.54, 1.807) is 0 Å². The molecule has 0 unspecified atom stereocenters. The molecule has 18 heavy (non-hydrogen) atoms. The number of halogens is 3. The zero-order chi connectivity index (χ0) is 13.3. The fourth-order valence-corrected chi connectivity index (χ4v) is 2.40. The largest absolute Gasteiger partial charge is 0.301 e. The maximum Gasteiger partial charge on any atom is 0.239 e. The molecule has 7 heteroatoms. The van der Waals surface area contributed by atoms with Gasteiger partial charge in [-0.05, 0) is 12.5 Å². The minimum absolute atomic E-state index is 0.0688. The summed E-state index contributed by atoms with van der Waals surface area (Å²) in [5.41, 5.74) is 0.0688. The number of anilines is 1. The molecule has 0 aliphatic rings. The lowest BCUT2D eigenvalue weighted by Crippen LogP contribution is -2.21. The Morgan fingerprint density at radius 2 is 2.28 bits per heavy atom. The van der Waals surface area contributed by atoms with Gasteiger partial charge in [-0.1, -0.05) is 34.2 Å². The van der Waals surface area contributed by atoms with E-state index in [2.05, 4.69) is 26.2 Å². The number of fused-ring (bicyclic) bond motifs is 1. The van der Waals surface area contributed by atoms with E-state index in [9.17, 15) is 13.6 Å². The summed E-state index contributed by atoms with van der Waals surface area (Å²) in [5.74, 6) is -1.64. The molecule has 1 aromatic heterocycles. The third-order valence-electron chi connectivity index (χ3n) is 2.29. The maximum atomic E-state index is 13.4. The molecule has 2 aromatic rings. The first-order valence-corrected chi connectivity index (χ1v) is 6.95. The molecule has 0 radical (unpaired) electrons. The summed E-state index contributed by atoms with van der Waals surface area (Å²) < 4.78 is 26.8. The summed E-state index contributed by atoms with van der Waals surface area (Å²) in [6.45, 7) is 1.85. The zero-order valence-electron chi connectivity index (χ0n) is 9.34. The highest BCUT2D eigenvalue weighted by Gasteiger charge is 2.16. The van der Waals surface area contributed by atoms with E-state index in [1.807, 2.05) is 6.92 Å². The van der Waals surface area contributed by atoms with Gasteiger partial charge in [0.05, 0.1) is 9.53 Å².